The van der Waals surface area contributed by atoms with Gasteiger partial charge in [-0.1, -0.05) is 13.3 Å². The molecule has 1 aliphatic heterocycles. The maximum absolute atomic E-state index is 6.28. The Morgan fingerprint density at radius 3 is 2.94 bits per heavy atom. The molecule has 2 aliphatic rings. The van der Waals surface area contributed by atoms with E-state index in [1.807, 2.05) is 0 Å². The fourth-order valence-electron chi connectivity index (χ4n) is 3.60. The van der Waals surface area contributed by atoms with Gasteiger partial charge in [0.05, 0.1) is 18.2 Å². The number of rotatable bonds is 2. The van der Waals surface area contributed by atoms with Gasteiger partial charge in [0, 0.05) is 6.54 Å². The van der Waals surface area contributed by atoms with E-state index in [4.69, 9.17) is 4.74 Å². The molecule has 1 saturated heterocycles. The van der Waals surface area contributed by atoms with Crippen LogP contribution in [0.4, 0.5) is 0 Å². The second kappa shape index (κ2) is 5.32. The molecule has 0 aromatic carbocycles. The molecule has 1 atom stereocenters. The molecular weight excluding hydrogens is 242 g/mol. The van der Waals surface area contributed by atoms with Gasteiger partial charge in [0.1, 0.15) is 0 Å². The SMILES string of the molecule is CCC1CCC2(CC1)OCCNC2c1ccsc1. The molecule has 1 aliphatic carbocycles. The molecule has 3 rings (SSSR count). The number of hydrogen-bond donors (Lipinski definition) is 1. The van der Waals surface area contributed by atoms with Gasteiger partial charge >= 0.3 is 0 Å². The van der Waals surface area contributed by atoms with Crippen LogP contribution in [0.2, 0.25) is 0 Å². The van der Waals surface area contributed by atoms with E-state index in [-0.39, 0.29) is 5.60 Å². The summed E-state index contributed by atoms with van der Waals surface area (Å²) in [5.41, 5.74) is 1.50. The quantitative estimate of drug-likeness (QED) is 0.879. The Balaban J connectivity index is 1.79. The lowest BCUT2D eigenvalue weighted by Crippen LogP contribution is -2.53. The van der Waals surface area contributed by atoms with Crippen LogP contribution in [0.15, 0.2) is 16.8 Å². The molecule has 1 unspecified atom stereocenters. The van der Waals surface area contributed by atoms with Crippen LogP contribution in [-0.2, 0) is 4.74 Å². The van der Waals surface area contributed by atoms with Gasteiger partial charge in [0.2, 0.25) is 0 Å². The first-order valence-electron chi connectivity index (χ1n) is 7.23. The van der Waals surface area contributed by atoms with E-state index in [1.165, 1.54) is 37.7 Å². The average Bonchev–Trinajstić information content (AvgIpc) is 2.94. The summed E-state index contributed by atoms with van der Waals surface area (Å²) < 4.78 is 6.28. The summed E-state index contributed by atoms with van der Waals surface area (Å²) in [6.07, 6.45) is 6.43. The number of nitrogens with one attached hydrogen (secondary N) is 1. The predicted octanol–water partition coefficient (Wildman–Crippen LogP) is 3.75. The number of morpholine rings is 1. The molecule has 1 aromatic rings. The lowest BCUT2D eigenvalue weighted by Gasteiger charge is -2.48. The number of hydrogen-bond acceptors (Lipinski definition) is 3. The van der Waals surface area contributed by atoms with Gasteiger partial charge in [0.25, 0.3) is 0 Å². The van der Waals surface area contributed by atoms with Crippen LogP contribution in [0, 0.1) is 5.92 Å². The smallest absolute Gasteiger partial charge is 0.0877 e. The van der Waals surface area contributed by atoms with Crippen molar-refractivity contribution in [3.63, 3.8) is 0 Å². The second-order valence-corrected chi connectivity index (χ2v) is 6.49. The standard InChI is InChI=1S/C15H23NOS/c1-2-12-3-6-15(7-4-12)14(16-8-9-17-15)13-5-10-18-11-13/h5,10-12,14,16H,2-4,6-9H2,1H3. The third-order valence-corrected chi connectivity index (χ3v) is 5.47. The molecule has 2 fully saturated rings. The van der Waals surface area contributed by atoms with Crippen LogP contribution in [0.25, 0.3) is 0 Å². The molecule has 100 valence electrons. The van der Waals surface area contributed by atoms with Crippen LogP contribution in [0.3, 0.4) is 0 Å². The van der Waals surface area contributed by atoms with Crippen LogP contribution < -0.4 is 5.32 Å². The monoisotopic (exact) mass is 265 g/mol. The molecule has 2 heterocycles. The van der Waals surface area contributed by atoms with E-state index < -0.39 is 0 Å². The van der Waals surface area contributed by atoms with Crippen molar-refractivity contribution in [1.29, 1.82) is 0 Å². The predicted molar refractivity (Wildman–Crippen MR) is 76.0 cm³/mol. The summed E-state index contributed by atoms with van der Waals surface area (Å²) in [5.74, 6) is 0.921. The van der Waals surface area contributed by atoms with E-state index >= 15 is 0 Å². The third kappa shape index (κ3) is 2.24. The van der Waals surface area contributed by atoms with E-state index in [1.54, 1.807) is 11.3 Å². The summed E-state index contributed by atoms with van der Waals surface area (Å²) >= 11 is 1.79. The van der Waals surface area contributed by atoms with E-state index in [0.717, 1.165) is 19.1 Å². The molecule has 0 amide bonds. The summed E-state index contributed by atoms with van der Waals surface area (Å²) in [6.45, 7) is 4.18. The maximum Gasteiger partial charge on any atom is 0.0877 e. The van der Waals surface area contributed by atoms with Crippen LogP contribution in [0.5, 0.6) is 0 Å². The molecule has 1 aromatic heterocycles. The van der Waals surface area contributed by atoms with Crippen molar-refractivity contribution in [2.24, 2.45) is 5.92 Å². The number of thiophene rings is 1. The molecule has 1 N–H and O–H groups in total. The zero-order valence-corrected chi connectivity index (χ0v) is 12.0. The Kier molecular flexibility index (Phi) is 3.73. The summed E-state index contributed by atoms with van der Waals surface area (Å²) in [5, 5.41) is 8.15. The summed E-state index contributed by atoms with van der Waals surface area (Å²) in [7, 11) is 0. The Labute approximate surface area is 114 Å². The fourth-order valence-corrected chi connectivity index (χ4v) is 4.28. The van der Waals surface area contributed by atoms with E-state index in [0.29, 0.717) is 6.04 Å². The topological polar surface area (TPSA) is 21.3 Å². The highest BCUT2D eigenvalue weighted by atomic mass is 32.1. The van der Waals surface area contributed by atoms with Gasteiger partial charge in [-0.3, -0.25) is 0 Å². The first-order valence-corrected chi connectivity index (χ1v) is 8.18. The normalized spacial score (nSPS) is 36.9. The number of ether oxygens (including phenoxy) is 1. The minimum Gasteiger partial charge on any atom is -0.372 e. The van der Waals surface area contributed by atoms with Gasteiger partial charge in [-0.15, -0.1) is 0 Å². The first kappa shape index (κ1) is 12.6. The Morgan fingerprint density at radius 1 is 1.44 bits per heavy atom. The van der Waals surface area contributed by atoms with Gasteiger partial charge < -0.3 is 10.1 Å². The highest BCUT2D eigenvalue weighted by molar-refractivity contribution is 7.07. The van der Waals surface area contributed by atoms with Gasteiger partial charge in [-0.05, 0) is 54.0 Å². The molecule has 2 nitrogen and oxygen atoms in total. The first-order chi connectivity index (χ1) is 8.84. The van der Waals surface area contributed by atoms with Gasteiger partial charge in [-0.2, -0.15) is 11.3 Å². The molecular formula is C15H23NOS. The zero-order valence-electron chi connectivity index (χ0n) is 11.2. The van der Waals surface area contributed by atoms with E-state index in [2.05, 4.69) is 29.1 Å². The van der Waals surface area contributed by atoms with Crippen molar-refractivity contribution in [3.05, 3.63) is 22.4 Å². The Morgan fingerprint density at radius 2 is 2.28 bits per heavy atom. The largest absolute Gasteiger partial charge is 0.372 e. The van der Waals surface area contributed by atoms with Crippen molar-refractivity contribution >= 4 is 11.3 Å². The van der Waals surface area contributed by atoms with Crippen molar-refractivity contribution in [2.45, 2.75) is 50.7 Å². The third-order valence-electron chi connectivity index (χ3n) is 4.77. The minimum absolute atomic E-state index is 0.0744. The van der Waals surface area contributed by atoms with Gasteiger partial charge in [0.15, 0.2) is 0 Å². The summed E-state index contributed by atoms with van der Waals surface area (Å²) in [6, 6.07) is 2.67. The maximum atomic E-state index is 6.28. The zero-order chi connectivity index (χ0) is 12.4. The van der Waals surface area contributed by atoms with Crippen molar-refractivity contribution in [3.8, 4) is 0 Å². The molecule has 1 saturated carbocycles. The van der Waals surface area contributed by atoms with Crippen LogP contribution in [0.1, 0.15) is 50.6 Å². The molecule has 0 radical (unpaired) electrons. The molecule has 0 bridgehead atoms. The molecule has 18 heavy (non-hydrogen) atoms. The lowest BCUT2D eigenvalue weighted by atomic mass is 9.72. The molecule has 1 spiro atoms. The minimum atomic E-state index is 0.0744. The second-order valence-electron chi connectivity index (χ2n) is 5.71. The fraction of sp³-hybridized carbons (Fsp3) is 0.733. The average molecular weight is 265 g/mol. The summed E-state index contributed by atoms with van der Waals surface area (Å²) in [4.78, 5) is 0. The van der Waals surface area contributed by atoms with Crippen molar-refractivity contribution in [1.82, 2.24) is 5.32 Å². The van der Waals surface area contributed by atoms with Crippen LogP contribution >= 0.6 is 11.3 Å². The Bertz CT molecular complexity index is 368. The van der Waals surface area contributed by atoms with Crippen molar-refractivity contribution in [2.75, 3.05) is 13.2 Å². The highest BCUT2D eigenvalue weighted by Crippen LogP contribution is 2.45. The molecule has 3 heteroatoms. The van der Waals surface area contributed by atoms with E-state index in [9.17, 15) is 0 Å². The Hall–Kier alpha value is -0.380. The highest BCUT2D eigenvalue weighted by Gasteiger charge is 2.45. The van der Waals surface area contributed by atoms with Crippen molar-refractivity contribution < 1.29 is 4.74 Å². The lowest BCUT2D eigenvalue weighted by molar-refractivity contribution is -0.125. The van der Waals surface area contributed by atoms with Gasteiger partial charge in [-0.25, -0.2) is 0 Å². The van der Waals surface area contributed by atoms with Crippen LogP contribution in [-0.4, -0.2) is 18.8 Å².